The summed E-state index contributed by atoms with van der Waals surface area (Å²) in [6, 6.07) is 14.7. The Bertz CT molecular complexity index is 898. The van der Waals surface area contributed by atoms with Gasteiger partial charge in [-0.3, -0.25) is 19.8 Å². The number of ether oxygens (including phenoxy) is 1. The van der Waals surface area contributed by atoms with Crippen LogP contribution in [-0.2, 0) is 4.74 Å². The van der Waals surface area contributed by atoms with Crippen LogP contribution in [0.3, 0.4) is 0 Å². The molecule has 0 spiro atoms. The van der Waals surface area contributed by atoms with Gasteiger partial charge in [0.15, 0.2) is 0 Å². The summed E-state index contributed by atoms with van der Waals surface area (Å²) in [5.41, 5.74) is 1.67. The summed E-state index contributed by atoms with van der Waals surface area (Å²) in [6.45, 7) is 5.57. The molecule has 2 aromatic carbocycles. The summed E-state index contributed by atoms with van der Waals surface area (Å²) < 4.78 is 4.97. The van der Waals surface area contributed by atoms with Crippen molar-refractivity contribution in [3.8, 4) is 0 Å². The quantitative estimate of drug-likeness (QED) is 0.331. The van der Waals surface area contributed by atoms with Crippen molar-refractivity contribution < 1.29 is 14.5 Å². The standard InChI is InChI=1S/C24H32N4O4/c1-18-10-13-27(14-11-18)23(19-6-4-3-5-7-19)17-26-24(29)20-8-9-21(25-12-15-32-2)22(16-20)28(30)31/h3-9,16,18,23,25H,10-15,17H2,1-2H3,(H,26,29). The molecule has 2 aromatic rings. The van der Waals surface area contributed by atoms with Crippen LogP contribution in [-0.4, -0.2) is 55.6 Å². The minimum atomic E-state index is -0.479. The highest BCUT2D eigenvalue weighted by Crippen LogP contribution is 2.28. The number of hydrogen-bond acceptors (Lipinski definition) is 6. The Kier molecular flexibility index (Phi) is 8.58. The molecule has 1 saturated heterocycles. The fourth-order valence-electron chi connectivity index (χ4n) is 4.03. The molecule has 2 N–H and O–H groups in total. The van der Waals surface area contributed by atoms with Crippen LogP contribution in [0.25, 0.3) is 0 Å². The van der Waals surface area contributed by atoms with Gasteiger partial charge in [-0.25, -0.2) is 0 Å². The number of anilines is 1. The van der Waals surface area contributed by atoms with Gasteiger partial charge in [-0.1, -0.05) is 37.3 Å². The summed E-state index contributed by atoms with van der Waals surface area (Å²) in [5.74, 6) is 0.400. The zero-order valence-electron chi connectivity index (χ0n) is 18.8. The Morgan fingerprint density at radius 2 is 1.94 bits per heavy atom. The van der Waals surface area contributed by atoms with Crippen molar-refractivity contribution in [3.63, 3.8) is 0 Å². The highest BCUT2D eigenvalue weighted by Gasteiger charge is 2.25. The molecule has 1 heterocycles. The first-order valence-corrected chi connectivity index (χ1v) is 11.1. The van der Waals surface area contributed by atoms with E-state index in [1.807, 2.05) is 18.2 Å². The zero-order chi connectivity index (χ0) is 22.9. The molecule has 0 bridgehead atoms. The second-order valence-corrected chi connectivity index (χ2v) is 8.26. The van der Waals surface area contributed by atoms with Gasteiger partial charge < -0.3 is 15.4 Å². The number of methoxy groups -OCH3 is 1. The number of carbonyl (C=O) groups excluding carboxylic acids is 1. The number of nitrogens with zero attached hydrogens (tertiary/aromatic N) is 2. The minimum Gasteiger partial charge on any atom is -0.383 e. The lowest BCUT2D eigenvalue weighted by Gasteiger charge is -2.37. The number of rotatable bonds is 10. The third kappa shape index (κ3) is 6.27. The van der Waals surface area contributed by atoms with E-state index in [0.29, 0.717) is 31.3 Å². The maximum Gasteiger partial charge on any atom is 0.293 e. The van der Waals surface area contributed by atoms with Gasteiger partial charge in [0, 0.05) is 31.8 Å². The number of hydrogen-bond donors (Lipinski definition) is 2. The lowest BCUT2D eigenvalue weighted by atomic mass is 9.95. The average molecular weight is 441 g/mol. The molecule has 1 amide bonds. The molecule has 3 rings (SSSR count). The lowest BCUT2D eigenvalue weighted by molar-refractivity contribution is -0.384. The maximum absolute atomic E-state index is 12.9. The minimum absolute atomic E-state index is 0.0672. The summed E-state index contributed by atoms with van der Waals surface area (Å²) in [4.78, 5) is 26.3. The van der Waals surface area contributed by atoms with Crippen LogP contribution in [0.1, 0.15) is 41.7 Å². The van der Waals surface area contributed by atoms with E-state index in [-0.39, 0.29) is 23.2 Å². The van der Waals surface area contributed by atoms with E-state index in [2.05, 4.69) is 34.6 Å². The van der Waals surface area contributed by atoms with Gasteiger partial charge in [-0.2, -0.15) is 0 Å². The number of amides is 1. The lowest BCUT2D eigenvalue weighted by Crippen LogP contribution is -2.42. The van der Waals surface area contributed by atoms with Gasteiger partial charge in [0.25, 0.3) is 11.6 Å². The molecule has 8 nitrogen and oxygen atoms in total. The number of likely N-dealkylation sites (tertiary alicyclic amines) is 1. The van der Waals surface area contributed by atoms with E-state index < -0.39 is 4.92 Å². The molecule has 1 atom stereocenters. The fourth-order valence-corrected chi connectivity index (χ4v) is 4.03. The Hall–Kier alpha value is -2.97. The van der Waals surface area contributed by atoms with Gasteiger partial charge in [0.05, 0.1) is 17.6 Å². The summed E-state index contributed by atoms with van der Waals surface area (Å²) in [5, 5.41) is 17.5. The van der Waals surface area contributed by atoms with Crippen molar-refractivity contribution in [1.82, 2.24) is 10.2 Å². The molecule has 0 radical (unpaired) electrons. The van der Waals surface area contributed by atoms with Crippen LogP contribution >= 0.6 is 0 Å². The van der Waals surface area contributed by atoms with Crippen LogP contribution in [0.15, 0.2) is 48.5 Å². The van der Waals surface area contributed by atoms with Gasteiger partial charge in [-0.05, 0) is 49.5 Å². The SMILES string of the molecule is COCCNc1ccc(C(=O)NCC(c2ccccc2)N2CCC(C)CC2)cc1[N+](=O)[O-]. The molecule has 8 heteroatoms. The van der Waals surface area contributed by atoms with Crippen LogP contribution in [0, 0.1) is 16.0 Å². The second kappa shape index (κ2) is 11.6. The molecule has 172 valence electrons. The van der Waals surface area contributed by atoms with E-state index in [4.69, 9.17) is 4.74 Å². The van der Waals surface area contributed by atoms with E-state index >= 15 is 0 Å². The average Bonchev–Trinajstić information content (AvgIpc) is 2.81. The van der Waals surface area contributed by atoms with Crippen LogP contribution in [0.5, 0.6) is 0 Å². The molecular formula is C24H32N4O4. The topological polar surface area (TPSA) is 96.7 Å². The van der Waals surface area contributed by atoms with E-state index in [1.165, 1.54) is 6.07 Å². The van der Waals surface area contributed by atoms with Crippen molar-refractivity contribution in [3.05, 3.63) is 69.8 Å². The predicted octanol–water partition coefficient (Wildman–Crippen LogP) is 3.86. The third-order valence-electron chi connectivity index (χ3n) is 5.98. The van der Waals surface area contributed by atoms with Gasteiger partial charge >= 0.3 is 0 Å². The van der Waals surface area contributed by atoms with Gasteiger partial charge in [-0.15, -0.1) is 0 Å². The first-order chi connectivity index (χ1) is 15.5. The molecule has 32 heavy (non-hydrogen) atoms. The van der Waals surface area contributed by atoms with E-state index in [1.54, 1.807) is 19.2 Å². The van der Waals surface area contributed by atoms with Gasteiger partial charge in [0.1, 0.15) is 5.69 Å². The monoisotopic (exact) mass is 440 g/mol. The van der Waals surface area contributed by atoms with Crippen LogP contribution in [0.2, 0.25) is 0 Å². The van der Waals surface area contributed by atoms with E-state index in [0.717, 1.165) is 31.5 Å². The molecular weight excluding hydrogens is 408 g/mol. The molecule has 1 unspecified atom stereocenters. The first kappa shape index (κ1) is 23.7. The van der Waals surface area contributed by atoms with Crippen LogP contribution < -0.4 is 10.6 Å². The number of nitrogens with one attached hydrogen (secondary N) is 2. The number of nitro benzene ring substituents is 1. The van der Waals surface area contributed by atoms with Crippen molar-refractivity contribution in [2.24, 2.45) is 5.92 Å². The van der Waals surface area contributed by atoms with Gasteiger partial charge in [0.2, 0.25) is 0 Å². The number of piperidine rings is 1. The molecule has 1 fully saturated rings. The predicted molar refractivity (Wildman–Crippen MR) is 125 cm³/mol. The highest BCUT2D eigenvalue weighted by atomic mass is 16.6. The summed E-state index contributed by atoms with van der Waals surface area (Å²) in [6.07, 6.45) is 2.28. The van der Waals surface area contributed by atoms with E-state index in [9.17, 15) is 14.9 Å². The molecule has 0 saturated carbocycles. The Labute approximate surface area is 189 Å². The normalized spacial score (nSPS) is 15.8. The summed E-state index contributed by atoms with van der Waals surface area (Å²) in [7, 11) is 1.57. The smallest absolute Gasteiger partial charge is 0.293 e. The summed E-state index contributed by atoms with van der Waals surface area (Å²) >= 11 is 0. The Morgan fingerprint density at radius 3 is 2.59 bits per heavy atom. The first-order valence-electron chi connectivity index (χ1n) is 11.1. The van der Waals surface area contributed by atoms with Crippen molar-refractivity contribution >= 4 is 17.3 Å². The number of nitro groups is 1. The molecule has 0 aromatic heterocycles. The van der Waals surface area contributed by atoms with Crippen molar-refractivity contribution in [2.45, 2.75) is 25.8 Å². The largest absolute Gasteiger partial charge is 0.383 e. The number of carbonyl (C=O) groups is 1. The third-order valence-corrected chi connectivity index (χ3v) is 5.98. The zero-order valence-corrected chi connectivity index (χ0v) is 18.8. The maximum atomic E-state index is 12.9. The van der Waals surface area contributed by atoms with Crippen LogP contribution in [0.4, 0.5) is 11.4 Å². The van der Waals surface area contributed by atoms with Crippen molar-refractivity contribution in [1.29, 1.82) is 0 Å². The Balaban J connectivity index is 1.71. The molecule has 1 aliphatic rings. The Morgan fingerprint density at radius 1 is 1.22 bits per heavy atom. The highest BCUT2D eigenvalue weighted by molar-refractivity contribution is 5.95. The molecule has 0 aliphatic carbocycles. The second-order valence-electron chi connectivity index (χ2n) is 8.26. The molecule has 1 aliphatic heterocycles. The number of benzene rings is 2. The van der Waals surface area contributed by atoms with Crippen molar-refractivity contribution in [2.75, 3.05) is 45.2 Å². The fraction of sp³-hybridized carbons (Fsp3) is 0.458.